The molecule has 11 heteroatoms. The second kappa shape index (κ2) is 11.0. The topological polar surface area (TPSA) is 122 Å². The predicted molar refractivity (Wildman–Crippen MR) is 130 cm³/mol. The molecule has 1 amide bonds. The number of carbonyl (C=O) groups is 1. The number of hydrogen-bond acceptors (Lipinski definition) is 8. The molecule has 1 aliphatic rings. The van der Waals surface area contributed by atoms with Crippen LogP contribution in [0.2, 0.25) is 0 Å². The van der Waals surface area contributed by atoms with Crippen LogP contribution in [-0.4, -0.2) is 59.7 Å². The number of nitro groups is 1. The molecular weight excluding hydrogens is 468 g/mol. The zero-order valence-corrected chi connectivity index (χ0v) is 20.4. The number of aromatic nitrogens is 2. The van der Waals surface area contributed by atoms with Gasteiger partial charge in [0.2, 0.25) is 11.7 Å². The zero-order valence-electron chi connectivity index (χ0n) is 20.4. The van der Waals surface area contributed by atoms with Gasteiger partial charge in [-0.05, 0) is 42.7 Å². The normalized spacial score (nSPS) is 14.2. The van der Waals surface area contributed by atoms with E-state index in [0.29, 0.717) is 36.9 Å². The Morgan fingerprint density at radius 2 is 1.86 bits per heavy atom. The van der Waals surface area contributed by atoms with Crippen molar-refractivity contribution >= 4 is 17.9 Å². The lowest BCUT2D eigenvalue weighted by Crippen LogP contribution is -2.37. The van der Waals surface area contributed by atoms with Gasteiger partial charge in [0.25, 0.3) is 0 Å². The van der Waals surface area contributed by atoms with Crippen LogP contribution in [0.3, 0.4) is 0 Å². The molecule has 3 heterocycles. The minimum atomic E-state index is -0.616. The summed E-state index contributed by atoms with van der Waals surface area (Å²) in [5.74, 6) is 2.66. The van der Waals surface area contributed by atoms with Crippen molar-refractivity contribution in [3.8, 4) is 17.2 Å². The van der Waals surface area contributed by atoms with Crippen LogP contribution >= 0.6 is 0 Å². The molecule has 2 aromatic heterocycles. The van der Waals surface area contributed by atoms with Crippen LogP contribution in [0.15, 0.2) is 47.2 Å². The molecule has 0 N–H and O–H groups in total. The summed E-state index contributed by atoms with van der Waals surface area (Å²) in [7, 11) is 4.75. The number of nitrogens with zero attached hydrogens (tertiary/aromatic N) is 4. The monoisotopic (exact) mass is 496 g/mol. The van der Waals surface area contributed by atoms with Gasteiger partial charge in [-0.1, -0.05) is 0 Å². The Kier molecular flexibility index (Phi) is 7.57. The molecule has 11 nitrogen and oxygen atoms in total. The number of benzene rings is 1. The Morgan fingerprint density at radius 3 is 2.44 bits per heavy atom. The van der Waals surface area contributed by atoms with Gasteiger partial charge in [-0.15, -0.1) is 0 Å². The number of piperidine rings is 1. The third-order valence-corrected chi connectivity index (χ3v) is 6.18. The predicted octanol–water partition coefficient (Wildman–Crippen LogP) is 3.88. The van der Waals surface area contributed by atoms with Gasteiger partial charge in [0.05, 0.1) is 27.4 Å². The number of rotatable bonds is 9. The van der Waals surface area contributed by atoms with E-state index in [1.54, 1.807) is 32.4 Å². The van der Waals surface area contributed by atoms with Crippen molar-refractivity contribution in [3.05, 3.63) is 70.0 Å². The van der Waals surface area contributed by atoms with E-state index < -0.39 is 4.92 Å². The standard InChI is InChI=1S/C25H28N4O7/c1-33-20-14-17(15-21(34-2)24(20)35-3)16-28-13-10-26-25(28)18-8-11-27(12-9-18)22(30)6-4-19-5-7-23(36-19)29(31)32/h4-7,10,13-15,18H,8-9,11-12,16H2,1-3H3. The lowest BCUT2D eigenvalue weighted by atomic mass is 9.95. The highest BCUT2D eigenvalue weighted by atomic mass is 16.6. The highest BCUT2D eigenvalue weighted by Crippen LogP contribution is 2.38. The number of amides is 1. The summed E-state index contributed by atoms with van der Waals surface area (Å²) >= 11 is 0. The Bertz CT molecular complexity index is 1230. The van der Waals surface area contributed by atoms with E-state index in [-0.39, 0.29) is 23.5 Å². The molecule has 1 aromatic carbocycles. The van der Waals surface area contributed by atoms with Gasteiger partial charge < -0.3 is 28.1 Å². The van der Waals surface area contributed by atoms with Gasteiger partial charge in [-0.3, -0.25) is 14.9 Å². The van der Waals surface area contributed by atoms with E-state index in [9.17, 15) is 14.9 Å². The molecule has 1 aliphatic heterocycles. The van der Waals surface area contributed by atoms with Crippen molar-refractivity contribution in [1.82, 2.24) is 14.5 Å². The molecule has 4 rings (SSSR count). The number of furan rings is 1. The fourth-order valence-electron chi connectivity index (χ4n) is 4.38. The lowest BCUT2D eigenvalue weighted by Gasteiger charge is -2.31. The fraction of sp³-hybridized carbons (Fsp3) is 0.360. The van der Waals surface area contributed by atoms with Crippen LogP contribution in [0.4, 0.5) is 5.88 Å². The molecule has 0 saturated carbocycles. The molecular formula is C25H28N4O7. The second-order valence-electron chi connectivity index (χ2n) is 8.31. The third kappa shape index (κ3) is 5.35. The van der Waals surface area contributed by atoms with Crippen molar-refractivity contribution in [3.63, 3.8) is 0 Å². The SMILES string of the molecule is COc1cc(Cn2ccnc2C2CCN(C(=O)C=Cc3ccc([N+](=O)[O-])o3)CC2)cc(OC)c1OC. The molecule has 1 saturated heterocycles. The molecule has 36 heavy (non-hydrogen) atoms. The van der Waals surface area contributed by atoms with Gasteiger partial charge in [-0.2, -0.15) is 0 Å². The van der Waals surface area contributed by atoms with Gasteiger partial charge in [-0.25, -0.2) is 4.98 Å². The summed E-state index contributed by atoms with van der Waals surface area (Å²) in [4.78, 5) is 29.1. The van der Waals surface area contributed by atoms with Crippen molar-refractivity contribution in [2.45, 2.75) is 25.3 Å². The maximum absolute atomic E-state index is 12.6. The van der Waals surface area contributed by atoms with Crippen LogP contribution < -0.4 is 14.2 Å². The van der Waals surface area contributed by atoms with Crippen LogP contribution in [0.25, 0.3) is 6.08 Å². The highest BCUT2D eigenvalue weighted by Gasteiger charge is 2.26. The van der Waals surface area contributed by atoms with Crippen LogP contribution in [0.5, 0.6) is 17.2 Å². The number of imidazole rings is 1. The van der Waals surface area contributed by atoms with Crippen LogP contribution in [-0.2, 0) is 11.3 Å². The Morgan fingerprint density at radius 1 is 1.17 bits per heavy atom. The first-order valence-electron chi connectivity index (χ1n) is 11.4. The fourth-order valence-corrected chi connectivity index (χ4v) is 4.38. The summed E-state index contributed by atoms with van der Waals surface area (Å²) in [6.45, 7) is 1.76. The first kappa shape index (κ1) is 24.8. The second-order valence-corrected chi connectivity index (χ2v) is 8.31. The quantitative estimate of drug-likeness (QED) is 0.249. The third-order valence-electron chi connectivity index (χ3n) is 6.18. The number of ether oxygens (including phenoxy) is 3. The first-order valence-corrected chi connectivity index (χ1v) is 11.4. The van der Waals surface area contributed by atoms with Crippen molar-refractivity contribution < 1.29 is 28.3 Å². The van der Waals surface area contributed by atoms with Crippen LogP contribution in [0, 0.1) is 10.1 Å². The zero-order chi connectivity index (χ0) is 25.7. The number of carbonyl (C=O) groups excluding carboxylic acids is 1. The van der Waals surface area contributed by atoms with E-state index >= 15 is 0 Å². The van der Waals surface area contributed by atoms with E-state index in [4.69, 9.17) is 18.6 Å². The van der Waals surface area contributed by atoms with Crippen molar-refractivity contribution in [2.24, 2.45) is 0 Å². The summed E-state index contributed by atoms with van der Waals surface area (Å²) in [6.07, 6.45) is 8.12. The molecule has 3 aromatic rings. The Hall–Kier alpha value is -4.28. The van der Waals surface area contributed by atoms with Crippen molar-refractivity contribution in [1.29, 1.82) is 0 Å². The van der Waals surface area contributed by atoms with E-state index in [0.717, 1.165) is 24.2 Å². The molecule has 0 atom stereocenters. The van der Waals surface area contributed by atoms with Gasteiger partial charge >= 0.3 is 5.88 Å². The Balaban J connectivity index is 1.39. The average molecular weight is 497 g/mol. The molecule has 1 fully saturated rings. The van der Waals surface area contributed by atoms with Gasteiger partial charge in [0, 0.05) is 44.0 Å². The summed E-state index contributed by atoms with van der Waals surface area (Å²) in [5.41, 5.74) is 0.986. The molecule has 0 aliphatic carbocycles. The smallest absolute Gasteiger partial charge is 0.433 e. The first-order chi connectivity index (χ1) is 17.4. The molecule has 0 bridgehead atoms. The van der Waals surface area contributed by atoms with E-state index in [1.807, 2.05) is 18.3 Å². The van der Waals surface area contributed by atoms with Gasteiger partial charge in [0.1, 0.15) is 16.5 Å². The van der Waals surface area contributed by atoms with Crippen LogP contribution in [0.1, 0.15) is 35.9 Å². The number of methoxy groups -OCH3 is 3. The van der Waals surface area contributed by atoms with Gasteiger partial charge in [0.15, 0.2) is 11.5 Å². The maximum Gasteiger partial charge on any atom is 0.433 e. The summed E-state index contributed by atoms with van der Waals surface area (Å²) < 4.78 is 23.5. The maximum atomic E-state index is 12.6. The molecule has 0 unspecified atom stereocenters. The summed E-state index contributed by atoms with van der Waals surface area (Å²) in [5, 5.41) is 10.7. The van der Waals surface area contributed by atoms with Crippen molar-refractivity contribution in [2.75, 3.05) is 34.4 Å². The summed E-state index contributed by atoms with van der Waals surface area (Å²) in [6, 6.07) is 6.57. The Labute approximate surface area is 208 Å². The highest BCUT2D eigenvalue weighted by molar-refractivity contribution is 5.91. The number of hydrogen-bond donors (Lipinski definition) is 0. The molecule has 190 valence electrons. The minimum Gasteiger partial charge on any atom is -0.493 e. The molecule has 0 spiro atoms. The average Bonchev–Trinajstić information content (AvgIpc) is 3.56. The lowest BCUT2D eigenvalue weighted by molar-refractivity contribution is -0.402. The molecule has 0 radical (unpaired) electrons. The van der Waals surface area contributed by atoms with E-state index in [2.05, 4.69) is 9.55 Å². The minimum absolute atomic E-state index is 0.159. The van der Waals surface area contributed by atoms with E-state index in [1.165, 1.54) is 24.3 Å². The largest absolute Gasteiger partial charge is 0.493 e. The number of likely N-dealkylation sites (tertiary alicyclic amines) is 1.